The van der Waals surface area contributed by atoms with Crippen LogP contribution in [-0.2, 0) is 0 Å². The maximum absolute atomic E-state index is 3.70. The Bertz CT molecular complexity index is 362. The summed E-state index contributed by atoms with van der Waals surface area (Å²) in [4.78, 5) is 5.22. The smallest absolute Gasteiger partial charge is 0.0206 e. The van der Waals surface area contributed by atoms with E-state index in [0.717, 1.165) is 12.1 Å². The molecule has 0 saturated carbocycles. The van der Waals surface area contributed by atoms with Crippen molar-refractivity contribution in [2.45, 2.75) is 104 Å². The van der Waals surface area contributed by atoms with Crippen LogP contribution in [0.15, 0.2) is 0 Å². The molecule has 2 N–H and O–H groups in total. The van der Waals surface area contributed by atoms with Crippen molar-refractivity contribution in [1.82, 2.24) is 20.4 Å². The number of hydrogen-bond donors (Lipinski definition) is 2. The third kappa shape index (κ3) is 6.42. The molecule has 0 aromatic heterocycles. The highest BCUT2D eigenvalue weighted by atomic mass is 15.2. The Kier molecular flexibility index (Phi) is 9.72. The van der Waals surface area contributed by atoms with Gasteiger partial charge in [-0.05, 0) is 104 Å². The van der Waals surface area contributed by atoms with E-state index in [0.29, 0.717) is 11.0 Å². The normalized spacial score (nSPS) is 27.0. The van der Waals surface area contributed by atoms with Gasteiger partial charge in [-0.2, -0.15) is 0 Å². The van der Waals surface area contributed by atoms with Crippen LogP contribution in [0.3, 0.4) is 0 Å². The van der Waals surface area contributed by atoms with Crippen molar-refractivity contribution in [3.8, 4) is 0 Å². The maximum Gasteiger partial charge on any atom is 0.0206 e. The molecule has 0 amide bonds. The van der Waals surface area contributed by atoms with E-state index in [9.17, 15) is 0 Å². The fraction of sp³-hybridized carbons (Fsp3) is 1.00. The van der Waals surface area contributed by atoms with Gasteiger partial charge in [0.1, 0.15) is 0 Å². The summed E-state index contributed by atoms with van der Waals surface area (Å²) in [5.41, 5.74) is 1.23. The average Bonchev–Trinajstić information content (AvgIpc) is 3.35. The fourth-order valence-corrected chi connectivity index (χ4v) is 5.50. The number of hydrogen-bond acceptors (Lipinski definition) is 4. The molecule has 0 radical (unpaired) electrons. The van der Waals surface area contributed by atoms with E-state index >= 15 is 0 Å². The van der Waals surface area contributed by atoms with Crippen LogP contribution in [0.1, 0.15) is 86.5 Å². The molecule has 0 unspecified atom stereocenters. The predicted molar refractivity (Wildman–Crippen MR) is 123 cm³/mol. The van der Waals surface area contributed by atoms with Gasteiger partial charge >= 0.3 is 0 Å². The highest BCUT2D eigenvalue weighted by Gasteiger charge is 2.38. The Hall–Kier alpha value is -0.160. The Balaban J connectivity index is 0.000000184. The van der Waals surface area contributed by atoms with Gasteiger partial charge in [-0.3, -0.25) is 0 Å². The summed E-state index contributed by atoms with van der Waals surface area (Å²) < 4.78 is 0. The zero-order valence-electron chi connectivity index (χ0n) is 19.9. The first-order chi connectivity index (χ1) is 13.4. The van der Waals surface area contributed by atoms with Crippen LogP contribution in [0, 0.1) is 5.41 Å². The molecule has 0 aromatic rings. The van der Waals surface area contributed by atoms with Crippen LogP contribution < -0.4 is 10.6 Å². The second-order valence-corrected chi connectivity index (χ2v) is 10.00. The molecule has 28 heavy (non-hydrogen) atoms. The average molecular weight is 395 g/mol. The monoisotopic (exact) mass is 394 g/mol. The molecule has 0 aromatic carbocycles. The van der Waals surface area contributed by atoms with Crippen molar-refractivity contribution in [2.24, 2.45) is 5.41 Å². The summed E-state index contributed by atoms with van der Waals surface area (Å²) in [5, 5.41) is 7.21. The molecule has 4 saturated heterocycles. The molecule has 4 heterocycles. The van der Waals surface area contributed by atoms with Crippen molar-refractivity contribution in [3.63, 3.8) is 0 Å². The molecular weight excluding hydrogens is 344 g/mol. The van der Waals surface area contributed by atoms with Gasteiger partial charge in [0.2, 0.25) is 0 Å². The molecule has 4 heteroatoms. The highest BCUT2D eigenvalue weighted by molar-refractivity contribution is 4.97. The van der Waals surface area contributed by atoms with E-state index in [1.807, 2.05) is 13.8 Å². The molecule has 0 bridgehead atoms. The van der Waals surface area contributed by atoms with E-state index in [4.69, 9.17) is 0 Å². The summed E-state index contributed by atoms with van der Waals surface area (Å²) in [6.45, 7) is 22.2. The topological polar surface area (TPSA) is 30.5 Å². The van der Waals surface area contributed by atoms with Crippen LogP contribution in [0.5, 0.6) is 0 Å². The Morgan fingerprint density at radius 1 is 0.679 bits per heavy atom. The minimum Gasteiger partial charge on any atom is -0.316 e. The van der Waals surface area contributed by atoms with Crippen molar-refractivity contribution in [3.05, 3.63) is 0 Å². The highest BCUT2D eigenvalue weighted by Crippen LogP contribution is 2.37. The zero-order chi connectivity index (χ0) is 20.6. The summed E-state index contributed by atoms with van der Waals surface area (Å²) >= 11 is 0. The standard InChI is InChI=1S/2C11H22N2.C2H6/c1-10(2)13-7-4-11(5-8-13)3-6-12-9-11;1-10(2)13-8-5-11(6-9-13)4-3-7-12-11;1-2/h2*10,12H,3-9H2,1-2H3;1-2H3. The lowest BCUT2D eigenvalue weighted by Crippen LogP contribution is -2.51. The molecule has 4 aliphatic rings. The van der Waals surface area contributed by atoms with Gasteiger partial charge in [-0.25, -0.2) is 0 Å². The predicted octanol–water partition coefficient (Wildman–Crippen LogP) is 4.11. The summed E-state index contributed by atoms with van der Waals surface area (Å²) in [5.74, 6) is 0. The lowest BCUT2D eigenvalue weighted by atomic mass is 9.77. The molecule has 0 atom stereocenters. The zero-order valence-corrected chi connectivity index (χ0v) is 19.9. The maximum atomic E-state index is 3.70. The van der Waals surface area contributed by atoms with Gasteiger partial charge < -0.3 is 20.4 Å². The summed E-state index contributed by atoms with van der Waals surface area (Å²) in [6.07, 6.45) is 9.78. The van der Waals surface area contributed by atoms with E-state index in [1.165, 1.54) is 90.8 Å². The molecule has 166 valence electrons. The van der Waals surface area contributed by atoms with Crippen LogP contribution >= 0.6 is 0 Å². The van der Waals surface area contributed by atoms with E-state index < -0.39 is 0 Å². The number of piperidine rings is 2. The second kappa shape index (κ2) is 11.3. The van der Waals surface area contributed by atoms with Gasteiger partial charge in [0, 0.05) is 37.3 Å². The van der Waals surface area contributed by atoms with Gasteiger partial charge in [0.25, 0.3) is 0 Å². The van der Waals surface area contributed by atoms with Gasteiger partial charge in [0.05, 0.1) is 0 Å². The van der Waals surface area contributed by atoms with E-state index in [1.54, 1.807) is 0 Å². The van der Waals surface area contributed by atoms with E-state index in [-0.39, 0.29) is 0 Å². The number of rotatable bonds is 2. The van der Waals surface area contributed by atoms with Crippen molar-refractivity contribution < 1.29 is 0 Å². The summed E-state index contributed by atoms with van der Waals surface area (Å²) in [6, 6.07) is 1.48. The van der Waals surface area contributed by atoms with Crippen LogP contribution in [0.4, 0.5) is 0 Å². The van der Waals surface area contributed by atoms with Crippen molar-refractivity contribution in [1.29, 1.82) is 0 Å². The van der Waals surface area contributed by atoms with Crippen LogP contribution in [0.2, 0.25) is 0 Å². The number of nitrogens with one attached hydrogen (secondary N) is 2. The molecule has 4 aliphatic heterocycles. The van der Waals surface area contributed by atoms with Crippen molar-refractivity contribution in [2.75, 3.05) is 45.8 Å². The van der Waals surface area contributed by atoms with E-state index in [2.05, 4.69) is 48.1 Å². The number of likely N-dealkylation sites (tertiary alicyclic amines) is 2. The summed E-state index contributed by atoms with van der Waals surface area (Å²) in [7, 11) is 0. The largest absolute Gasteiger partial charge is 0.316 e. The first-order valence-corrected chi connectivity index (χ1v) is 12.4. The Labute approximate surface area is 176 Å². The van der Waals surface area contributed by atoms with Crippen LogP contribution in [0.25, 0.3) is 0 Å². The lowest BCUT2D eigenvalue weighted by Gasteiger charge is -2.41. The first kappa shape index (κ1) is 24.1. The minimum absolute atomic E-state index is 0.547. The van der Waals surface area contributed by atoms with Crippen molar-refractivity contribution >= 4 is 0 Å². The molecule has 4 fully saturated rings. The molecule has 4 nitrogen and oxygen atoms in total. The van der Waals surface area contributed by atoms with Gasteiger partial charge in [0.15, 0.2) is 0 Å². The third-order valence-corrected chi connectivity index (χ3v) is 7.74. The second-order valence-electron chi connectivity index (χ2n) is 10.00. The van der Waals surface area contributed by atoms with Gasteiger partial charge in [-0.15, -0.1) is 0 Å². The Morgan fingerprint density at radius 2 is 1.21 bits per heavy atom. The van der Waals surface area contributed by atoms with Gasteiger partial charge in [-0.1, -0.05) is 13.8 Å². The Morgan fingerprint density at radius 3 is 1.61 bits per heavy atom. The third-order valence-electron chi connectivity index (χ3n) is 7.74. The minimum atomic E-state index is 0.547. The quantitative estimate of drug-likeness (QED) is 0.738. The first-order valence-electron chi connectivity index (χ1n) is 12.4. The molecule has 2 spiro atoms. The lowest BCUT2D eigenvalue weighted by molar-refractivity contribution is 0.0958. The SMILES string of the molecule is CC.CC(C)N1CCC2(CCCN2)CC1.CC(C)N1CCC2(CCNC2)CC1. The van der Waals surface area contributed by atoms with Crippen LogP contribution in [-0.4, -0.2) is 73.2 Å². The molecule has 4 rings (SSSR count). The molecular formula is C24H50N4. The number of nitrogens with zero attached hydrogens (tertiary/aromatic N) is 2. The molecule has 0 aliphatic carbocycles. The fourth-order valence-electron chi connectivity index (χ4n) is 5.50.